The lowest BCUT2D eigenvalue weighted by atomic mass is 10.00. The lowest BCUT2D eigenvalue weighted by Crippen LogP contribution is -2.58. The molecular formula is C19H37N5O5. The summed E-state index contributed by atoms with van der Waals surface area (Å²) in [6.07, 6.45) is 1.93. The summed E-state index contributed by atoms with van der Waals surface area (Å²) in [4.78, 5) is 48.4. The van der Waals surface area contributed by atoms with Crippen molar-refractivity contribution in [3.63, 3.8) is 0 Å². The summed E-state index contributed by atoms with van der Waals surface area (Å²) in [5, 5.41) is 16.8. The highest BCUT2D eigenvalue weighted by Crippen LogP contribution is 2.07. The summed E-state index contributed by atoms with van der Waals surface area (Å²) < 4.78 is 0. The lowest BCUT2D eigenvalue weighted by Gasteiger charge is -2.27. The van der Waals surface area contributed by atoms with Crippen LogP contribution < -0.4 is 27.4 Å². The number of hydrogen-bond acceptors (Lipinski definition) is 6. The maximum absolute atomic E-state index is 12.5. The number of carbonyl (C=O) groups is 4. The second-order valence-corrected chi connectivity index (χ2v) is 7.92. The minimum atomic E-state index is -1.15. The molecule has 0 heterocycles. The molecule has 4 unspecified atom stereocenters. The molecule has 0 aliphatic rings. The summed E-state index contributed by atoms with van der Waals surface area (Å²) in [5.41, 5.74) is 11.2. The van der Waals surface area contributed by atoms with Crippen LogP contribution in [0.5, 0.6) is 0 Å². The van der Waals surface area contributed by atoms with Gasteiger partial charge in [0.1, 0.15) is 18.1 Å². The van der Waals surface area contributed by atoms with Gasteiger partial charge in [0.05, 0.1) is 6.04 Å². The standard InChI is InChI=1S/C19H37N5O5/c1-10(2)14(18(27)24-15(11(3)4)19(28)29)23-16(25)12(5)22-17(26)13(21)8-6-7-9-20/h10-15H,6-9,20-21H2,1-5H3,(H,22,26)(H,23,25)(H,24,27)(H,28,29). The van der Waals surface area contributed by atoms with E-state index in [0.717, 1.165) is 6.42 Å². The SMILES string of the molecule is CC(NC(=O)C(N)CCCCN)C(=O)NC(C(=O)NC(C(=O)O)C(C)C)C(C)C. The third kappa shape index (κ3) is 9.71. The number of hydrogen-bond donors (Lipinski definition) is 6. The highest BCUT2D eigenvalue weighted by molar-refractivity contribution is 5.94. The molecule has 0 aromatic heterocycles. The predicted octanol–water partition coefficient (Wildman–Crippen LogP) is -0.686. The Morgan fingerprint density at radius 2 is 1.31 bits per heavy atom. The molecule has 0 aliphatic heterocycles. The van der Waals surface area contributed by atoms with Crippen LogP contribution in [-0.2, 0) is 19.2 Å². The Morgan fingerprint density at radius 3 is 1.76 bits per heavy atom. The van der Waals surface area contributed by atoms with Crippen LogP contribution in [0.4, 0.5) is 0 Å². The minimum absolute atomic E-state index is 0.290. The zero-order valence-electron chi connectivity index (χ0n) is 18.0. The Labute approximate surface area is 172 Å². The molecule has 0 fully saturated rings. The molecule has 0 bridgehead atoms. The molecule has 168 valence electrons. The van der Waals surface area contributed by atoms with Gasteiger partial charge in [-0.2, -0.15) is 0 Å². The van der Waals surface area contributed by atoms with Gasteiger partial charge in [-0.1, -0.05) is 34.1 Å². The number of carboxylic acids is 1. The number of nitrogens with two attached hydrogens (primary N) is 2. The van der Waals surface area contributed by atoms with E-state index >= 15 is 0 Å². The molecule has 0 rings (SSSR count). The van der Waals surface area contributed by atoms with Gasteiger partial charge in [-0.05, 0) is 38.1 Å². The molecule has 0 aliphatic carbocycles. The van der Waals surface area contributed by atoms with Crippen molar-refractivity contribution < 1.29 is 24.3 Å². The van der Waals surface area contributed by atoms with Crippen LogP contribution in [0.3, 0.4) is 0 Å². The van der Waals surface area contributed by atoms with Gasteiger partial charge >= 0.3 is 5.97 Å². The number of nitrogens with one attached hydrogen (secondary N) is 3. The van der Waals surface area contributed by atoms with Crippen molar-refractivity contribution in [2.45, 2.75) is 78.0 Å². The smallest absolute Gasteiger partial charge is 0.326 e. The zero-order valence-corrected chi connectivity index (χ0v) is 18.0. The average molecular weight is 416 g/mol. The van der Waals surface area contributed by atoms with Crippen LogP contribution in [0, 0.1) is 11.8 Å². The first kappa shape index (κ1) is 26.8. The first-order valence-electron chi connectivity index (χ1n) is 10.0. The first-order chi connectivity index (χ1) is 13.4. The Kier molecular flexibility index (Phi) is 12.1. The van der Waals surface area contributed by atoms with E-state index in [1.807, 2.05) is 0 Å². The lowest BCUT2D eigenvalue weighted by molar-refractivity contribution is -0.143. The molecule has 10 heteroatoms. The number of carbonyl (C=O) groups excluding carboxylic acids is 3. The third-order valence-corrected chi connectivity index (χ3v) is 4.54. The summed E-state index contributed by atoms with van der Waals surface area (Å²) >= 11 is 0. The van der Waals surface area contributed by atoms with Crippen LogP contribution in [0.1, 0.15) is 53.9 Å². The highest BCUT2D eigenvalue weighted by atomic mass is 16.4. The van der Waals surface area contributed by atoms with Gasteiger partial charge in [-0.15, -0.1) is 0 Å². The van der Waals surface area contributed by atoms with Crippen LogP contribution in [0.15, 0.2) is 0 Å². The van der Waals surface area contributed by atoms with Crippen LogP contribution in [-0.4, -0.2) is 59.5 Å². The average Bonchev–Trinajstić information content (AvgIpc) is 2.62. The van der Waals surface area contributed by atoms with Crippen LogP contribution in [0.25, 0.3) is 0 Å². The van der Waals surface area contributed by atoms with Crippen molar-refractivity contribution in [3.05, 3.63) is 0 Å². The Bertz CT molecular complexity index is 567. The molecule has 0 radical (unpaired) electrons. The molecule has 0 aromatic rings. The number of unbranched alkanes of at least 4 members (excludes halogenated alkanes) is 1. The van der Waals surface area contributed by atoms with E-state index in [1.165, 1.54) is 6.92 Å². The van der Waals surface area contributed by atoms with Crippen LogP contribution >= 0.6 is 0 Å². The molecule has 0 saturated carbocycles. The van der Waals surface area contributed by atoms with E-state index in [4.69, 9.17) is 11.5 Å². The van der Waals surface area contributed by atoms with Gasteiger partial charge < -0.3 is 32.5 Å². The summed E-state index contributed by atoms with van der Waals surface area (Å²) in [7, 11) is 0. The maximum Gasteiger partial charge on any atom is 0.326 e. The zero-order chi connectivity index (χ0) is 22.7. The number of rotatable bonds is 13. The minimum Gasteiger partial charge on any atom is -0.480 e. The number of aliphatic carboxylic acids is 1. The fourth-order valence-electron chi connectivity index (χ4n) is 2.60. The van der Waals surface area contributed by atoms with Gasteiger partial charge in [0, 0.05) is 0 Å². The van der Waals surface area contributed by atoms with Crippen molar-refractivity contribution in [2.75, 3.05) is 6.54 Å². The molecule has 0 aromatic carbocycles. The van der Waals surface area contributed by atoms with Gasteiger partial charge in [-0.3, -0.25) is 14.4 Å². The normalized spacial score (nSPS) is 15.3. The monoisotopic (exact) mass is 415 g/mol. The maximum atomic E-state index is 12.5. The molecule has 0 spiro atoms. The van der Waals surface area contributed by atoms with Crippen molar-refractivity contribution in [1.82, 2.24) is 16.0 Å². The second-order valence-electron chi connectivity index (χ2n) is 7.92. The molecule has 4 atom stereocenters. The van der Waals surface area contributed by atoms with Crippen molar-refractivity contribution in [1.29, 1.82) is 0 Å². The summed E-state index contributed by atoms with van der Waals surface area (Å²) in [6, 6.07) is -3.66. The molecule has 29 heavy (non-hydrogen) atoms. The fourth-order valence-corrected chi connectivity index (χ4v) is 2.60. The van der Waals surface area contributed by atoms with Gasteiger partial charge in [-0.25, -0.2) is 4.79 Å². The molecule has 10 nitrogen and oxygen atoms in total. The molecule has 8 N–H and O–H groups in total. The van der Waals surface area contributed by atoms with Crippen molar-refractivity contribution >= 4 is 23.7 Å². The Balaban J connectivity index is 4.89. The third-order valence-electron chi connectivity index (χ3n) is 4.54. The van der Waals surface area contributed by atoms with Crippen molar-refractivity contribution in [2.24, 2.45) is 23.3 Å². The Morgan fingerprint density at radius 1 is 0.793 bits per heavy atom. The van der Waals surface area contributed by atoms with Crippen LogP contribution in [0.2, 0.25) is 0 Å². The van der Waals surface area contributed by atoms with E-state index in [1.54, 1.807) is 27.7 Å². The molecule has 3 amide bonds. The first-order valence-corrected chi connectivity index (χ1v) is 10.0. The topological polar surface area (TPSA) is 177 Å². The fraction of sp³-hybridized carbons (Fsp3) is 0.789. The van der Waals surface area contributed by atoms with E-state index in [-0.39, 0.29) is 11.8 Å². The highest BCUT2D eigenvalue weighted by Gasteiger charge is 2.31. The van der Waals surface area contributed by atoms with E-state index in [0.29, 0.717) is 19.4 Å². The van der Waals surface area contributed by atoms with Crippen molar-refractivity contribution in [3.8, 4) is 0 Å². The van der Waals surface area contributed by atoms with E-state index in [2.05, 4.69) is 16.0 Å². The second kappa shape index (κ2) is 13.1. The number of amides is 3. The molecule has 0 saturated heterocycles. The van der Waals surface area contributed by atoms with E-state index < -0.39 is 47.9 Å². The Hall–Kier alpha value is -2.20. The van der Waals surface area contributed by atoms with Gasteiger partial charge in [0.25, 0.3) is 0 Å². The summed E-state index contributed by atoms with van der Waals surface area (Å²) in [5.74, 6) is -3.36. The summed E-state index contributed by atoms with van der Waals surface area (Å²) in [6.45, 7) is 8.82. The van der Waals surface area contributed by atoms with Gasteiger partial charge in [0.15, 0.2) is 0 Å². The number of carboxylic acid groups (broad SMARTS) is 1. The largest absolute Gasteiger partial charge is 0.480 e. The van der Waals surface area contributed by atoms with E-state index in [9.17, 15) is 24.3 Å². The van der Waals surface area contributed by atoms with Gasteiger partial charge in [0.2, 0.25) is 17.7 Å². The quantitative estimate of drug-likeness (QED) is 0.216. The predicted molar refractivity (Wildman–Crippen MR) is 110 cm³/mol. The molecular weight excluding hydrogens is 378 g/mol.